The van der Waals surface area contributed by atoms with Crippen molar-refractivity contribution in [2.24, 2.45) is 0 Å². The van der Waals surface area contributed by atoms with Crippen LogP contribution in [0.2, 0.25) is 0 Å². The number of hydrogen-bond donors (Lipinski definition) is 1. The quantitative estimate of drug-likeness (QED) is 0.735. The van der Waals surface area contributed by atoms with Gasteiger partial charge in [-0.2, -0.15) is 0 Å². The van der Waals surface area contributed by atoms with Gasteiger partial charge < -0.3 is 10.2 Å². The summed E-state index contributed by atoms with van der Waals surface area (Å²) in [7, 11) is -3.42. The van der Waals surface area contributed by atoms with Crippen molar-refractivity contribution in [1.82, 2.24) is 10.2 Å². The number of likely N-dealkylation sites (tertiary alicyclic amines) is 1. The first kappa shape index (κ1) is 18.5. The molecule has 0 aliphatic carbocycles. The predicted octanol–water partition coefficient (Wildman–Crippen LogP) is 3.60. The van der Waals surface area contributed by atoms with Crippen LogP contribution in [0.5, 0.6) is 0 Å². The molecule has 5 nitrogen and oxygen atoms in total. The zero-order valence-electron chi connectivity index (χ0n) is 15.4. The van der Waals surface area contributed by atoms with E-state index < -0.39 is 15.1 Å². The van der Waals surface area contributed by atoms with Crippen LogP contribution in [0.3, 0.4) is 0 Å². The Bertz CT molecular complexity index is 1090. The maximum Gasteiger partial charge on any atom is 0.317 e. The van der Waals surface area contributed by atoms with Gasteiger partial charge in [-0.05, 0) is 34.9 Å². The van der Waals surface area contributed by atoms with Gasteiger partial charge in [0.15, 0.2) is 9.84 Å². The van der Waals surface area contributed by atoms with Crippen molar-refractivity contribution < 1.29 is 13.2 Å². The number of nitrogens with zero attached hydrogens (tertiary/aromatic N) is 1. The molecule has 1 atom stereocenters. The van der Waals surface area contributed by atoms with E-state index in [1.54, 1.807) is 35.2 Å². The Kier molecular flexibility index (Phi) is 5.05. The highest BCUT2D eigenvalue weighted by Crippen LogP contribution is 2.24. The number of nitrogens with one attached hydrogen (secondary N) is 1. The van der Waals surface area contributed by atoms with Crippen molar-refractivity contribution in [3.63, 3.8) is 0 Å². The molecule has 4 rings (SSSR count). The molecule has 3 aromatic carbocycles. The second kappa shape index (κ2) is 7.64. The van der Waals surface area contributed by atoms with E-state index in [0.29, 0.717) is 24.4 Å². The van der Waals surface area contributed by atoms with Crippen LogP contribution in [0.1, 0.15) is 12.0 Å². The van der Waals surface area contributed by atoms with Crippen LogP contribution in [0.15, 0.2) is 77.7 Å². The first-order valence-corrected chi connectivity index (χ1v) is 10.9. The lowest BCUT2D eigenvalue weighted by Gasteiger charge is -2.18. The molecule has 0 saturated carbocycles. The first-order valence-electron chi connectivity index (χ1n) is 9.34. The van der Waals surface area contributed by atoms with E-state index in [-0.39, 0.29) is 12.6 Å². The fourth-order valence-electron chi connectivity index (χ4n) is 3.70. The van der Waals surface area contributed by atoms with Crippen LogP contribution in [-0.4, -0.2) is 37.7 Å². The molecule has 6 heteroatoms. The Hall–Kier alpha value is -2.86. The van der Waals surface area contributed by atoms with Crippen LogP contribution in [0.4, 0.5) is 4.79 Å². The van der Waals surface area contributed by atoms with Gasteiger partial charge >= 0.3 is 6.03 Å². The molecule has 1 N–H and O–H groups in total. The Morgan fingerprint density at radius 3 is 2.50 bits per heavy atom. The second-order valence-electron chi connectivity index (χ2n) is 7.01. The number of urea groups is 1. The monoisotopic (exact) mass is 394 g/mol. The first-order chi connectivity index (χ1) is 13.6. The predicted molar refractivity (Wildman–Crippen MR) is 110 cm³/mol. The molecule has 1 saturated heterocycles. The summed E-state index contributed by atoms with van der Waals surface area (Å²) in [6, 6.07) is 22.3. The summed E-state index contributed by atoms with van der Waals surface area (Å²) < 4.78 is 25.5. The van der Waals surface area contributed by atoms with E-state index in [0.717, 1.165) is 16.3 Å². The third-order valence-corrected chi connectivity index (χ3v) is 7.44. The van der Waals surface area contributed by atoms with Gasteiger partial charge in [0.05, 0.1) is 10.1 Å². The van der Waals surface area contributed by atoms with Gasteiger partial charge in [-0.15, -0.1) is 0 Å². The van der Waals surface area contributed by atoms with Crippen LogP contribution < -0.4 is 5.32 Å². The van der Waals surface area contributed by atoms with Crippen molar-refractivity contribution in [2.45, 2.75) is 23.1 Å². The van der Waals surface area contributed by atoms with Crippen molar-refractivity contribution in [2.75, 3.05) is 13.1 Å². The lowest BCUT2D eigenvalue weighted by Crippen LogP contribution is -2.39. The minimum Gasteiger partial charge on any atom is -0.334 e. The van der Waals surface area contributed by atoms with Crippen LogP contribution in [-0.2, 0) is 16.4 Å². The van der Waals surface area contributed by atoms with E-state index in [1.807, 2.05) is 42.5 Å². The summed E-state index contributed by atoms with van der Waals surface area (Å²) in [6.07, 6.45) is 0.457. The van der Waals surface area contributed by atoms with Gasteiger partial charge in [-0.3, -0.25) is 0 Å². The number of carbonyl (C=O) groups excluding carboxylic acids is 1. The molecule has 1 aliphatic rings. The summed E-state index contributed by atoms with van der Waals surface area (Å²) in [5.41, 5.74) is 1.04. The average molecular weight is 394 g/mol. The van der Waals surface area contributed by atoms with Gasteiger partial charge in [0.2, 0.25) is 0 Å². The minimum atomic E-state index is -3.42. The molecule has 0 bridgehead atoms. The molecular weight excluding hydrogens is 372 g/mol. The normalized spacial score (nSPS) is 17.0. The average Bonchev–Trinajstić information content (AvgIpc) is 3.24. The van der Waals surface area contributed by atoms with Gasteiger partial charge in [0.1, 0.15) is 0 Å². The summed E-state index contributed by atoms with van der Waals surface area (Å²) in [5, 5.41) is 4.62. The Morgan fingerprint density at radius 1 is 0.964 bits per heavy atom. The minimum absolute atomic E-state index is 0.221. The third kappa shape index (κ3) is 3.60. The van der Waals surface area contributed by atoms with E-state index in [1.165, 1.54) is 0 Å². The van der Waals surface area contributed by atoms with Gasteiger partial charge in [0, 0.05) is 19.6 Å². The van der Waals surface area contributed by atoms with E-state index >= 15 is 0 Å². The highest BCUT2D eigenvalue weighted by molar-refractivity contribution is 7.92. The largest absolute Gasteiger partial charge is 0.334 e. The molecule has 0 radical (unpaired) electrons. The van der Waals surface area contributed by atoms with Crippen LogP contribution in [0.25, 0.3) is 10.8 Å². The molecular formula is C22H22N2O3S. The second-order valence-corrected chi connectivity index (χ2v) is 9.24. The highest BCUT2D eigenvalue weighted by atomic mass is 32.2. The number of amides is 2. The number of sulfone groups is 1. The summed E-state index contributed by atoms with van der Waals surface area (Å²) in [5.74, 6) is 0. The number of benzene rings is 3. The summed E-state index contributed by atoms with van der Waals surface area (Å²) >= 11 is 0. The number of rotatable bonds is 4. The van der Waals surface area contributed by atoms with Gasteiger partial charge in [0.25, 0.3) is 0 Å². The number of carbonyl (C=O) groups is 1. The topological polar surface area (TPSA) is 66.5 Å². The van der Waals surface area contributed by atoms with Crippen molar-refractivity contribution in [3.8, 4) is 0 Å². The van der Waals surface area contributed by atoms with Crippen molar-refractivity contribution in [3.05, 3.63) is 78.4 Å². The molecule has 3 aromatic rings. The zero-order chi connectivity index (χ0) is 19.6. The Labute approximate surface area is 164 Å². The standard InChI is InChI=1S/C22H22N2O3S/c25-22(23-15-18-9-6-8-17-7-4-5-12-21(17)18)24-14-13-20(16-24)28(26,27)19-10-2-1-3-11-19/h1-12,20H,13-16H2,(H,23,25). The number of fused-ring (bicyclic) bond motifs is 1. The van der Waals surface area contributed by atoms with E-state index in [4.69, 9.17) is 0 Å². The zero-order valence-corrected chi connectivity index (χ0v) is 16.2. The SMILES string of the molecule is O=C(NCc1cccc2ccccc12)N1CCC(S(=O)(=O)c2ccccc2)C1. The molecule has 0 spiro atoms. The molecule has 1 fully saturated rings. The van der Waals surface area contributed by atoms with E-state index in [2.05, 4.69) is 5.32 Å². The van der Waals surface area contributed by atoms with Crippen molar-refractivity contribution >= 4 is 26.6 Å². The summed E-state index contributed by atoms with van der Waals surface area (Å²) in [4.78, 5) is 14.5. The smallest absolute Gasteiger partial charge is 0.317 e. The van der Waals surface area contributed by atoms with Gasteiger partial charge in [-0.1, -0.05) is 60.7 Å². The fraction of sp³-hybridized carbons (Fsp3) is 0.227. The molecule has 1 aliphatic heterocycles. The maximum absolute atomic E-state index is 12.8. The maximum atomic E-state index is 12.8. The molecule has 1 heterocycles. The third-order valence-electron chi connectivity index (χ3n) is 5.25. The molecule has 28 heavy (non-hydrogen) atoms. The van der Waals surface area contributed by atoms with Crippen molar-refractivity contribution in [1.29, 1.82) is 0 Å². The van der Waals surface area contributed by atoms with Crippen LogP contribution in [0, 0.1) is 0 Å². The fourth-order valence-corrected chi connectivity index (χ4v) is 5.41. The molecule has 144 valence electrons. The lowest BCUT2D eigenvalue weighted by atomic mass is 10.0. The molecule has 0 aromatic heterocycles. The van der Waals surface area contributed by atoms with Gasteiger partial charge in [-0.25, -0.2) is 13.2 Å². The molecule has 1 unspecified atom stereocenters. The Balaban J connectivity index is 1.41. The van der Waals surface area contributed by atoms with Crippen LogP contribution >= 0.6 is 0 Å². The van der Waals surface area contributed by atoms with E-state index in [9.17, 15) is 13.2 Å². The number of hydrogen-bond acceptors (Lipinski definition) is 3. The Morgan fingerprint density at radius 2 is 1.68 bits per heavy atom. The highest BCUT2D eigenvalue weighted by Gasteiger charge is 2.36. The molecule has 2 amide bonds. The lowest BCUT2D eigenvalue weighted by molar-refractivity contribution is 0.208. The summed E-state index contributed by atoms with van der Waals surface area (Å²) in [6.45, 7) is 1.07.